The van der Waals surface area contributed by atoms with Crippen molar-refractivity contribution in [2.45, 2.75) is 70.6 Å². The zero-order valence-electron chi connectivity index (χ0n) is 23.1. The normalized spacial score (nSPS) is 13.9. The number of imide groups is 1. The number of amides is 4. The minimum Gasteiger partial charge on any atom is -0.508 e. The van der Waals surface area contributed by atoms with Gasteiger partial charge in [-0.2, -0.15) is 0 Å². The van der Waals surface area contributed by atoms with E-state index < -0.39 is 72.5 Å². The molecule has 14 heteroatoms. The quantitative estimate of drug-likeness (QED) is 0.152. The second-order valence-electron chi connectivity index (χ2n) is 9.91. The summed E-state index contributed by atoms with van der Waals surface area (Å²) >= 11 is 0. The molecule has 0 spiro atoms. The lowest BCUT2D eigenvalue weighted by Crippen LogP contribution is -2.59. The van der Waals surface area contributed by atoms with Crippen LogP contribution in [0.2, 0.25) is 0 Å². The van der Waals surface area contributed by atoms with Gasteiger partial charge in [-0.15, -0.1) is 0 Å². The number of imidazole rings is 1. The molecular formula is C27H36N6O8. The van der Waals surface area contributed by atoms with Crippen molar-refractivity contribution in [3.05, 3.63) is 48.0 Å². The van der Waals surface area contributed by atoms with Crippen molar-refractivity contribution in [2.24, 2.45) is 11.7 Å². The van der Waals surface area contributed by atoms with Gasteiger partial charge in [-0.05, 0) is 30.0 Å². The van der Waals surface area contributed by atoms with E-state index in [1.807, 2.05) is 0 Å². The number of phenolic OH excluding ortho intramolecular Hbond substituents is 1. The van der Waals surface area contributed by atoms with Crippen LogP contribution in [-0.4, -0.2) is 85.1 Å². The van der Waals surface area contributed by atoms with Gasteiger partial charge in [0, 0.05) is 26.0 Å². The Hall–Kier alpha value is -4.59. The van der Waals surface area contributed by atoms with Crippen molar-refractivity contribution in [2.75, 3.05) is 0 Å². The number of carbonyl (C=O) groups excluding carboxylic acids is 5. The molecule has 2 rings (SSSR count). The number of aromatic nitrogens is 2. The van der Waals surface area contributed by atoms with Crippen molar-refractivity contribution in [3.63, 3.8) is 0 Å². The minimum atomic E-state index is -1.39. The Kier molecular flexibility index (Phi) is 12.1. The summed E-state index contributed by atoms with van der Waals surface area (Å²) < 4.78 is 0. The third-order valence-electron chi connectivity index (χ3n) is 6.28. The Morgan fingerprint density at radius 3 is 2.24 bits per heavy atom. The number of carbonyl (C=O) groups is 6. The van der Waals surface area contributed by atoms with E-state index >= 15 is 0 Å². The van der Waals surface area contributed by atoms with Crippen molar-refractivity contribution < 1.29 is 39.0 Å². The van der Waals surface area contributed by atoms with E-state index in [0.717, 1.165) is 6.92 Å². The number of nitrogens with one attached hydrogen (secondary N) is 3. The monoisotopic (exact) mass is 572 g/mol. The van der Waals surface area contributed by atoms with Crippen LogP contribution in [-0.2, 0) is 41.6 Å². The summed E-state index contributed by atoms with van der Waals surface area (Å²) in [5.41, 5.74) is 7.11. The van der Waals surface area contributed by atoms with Gasteiger partial charge in [0.05, 0.1) is 30.5 Å². The zero-order valence-corrected chi connectivity index (χ0v) is 23.1. The molecule has 1 aromatic heterocycles. The number of H-pyrrole nitrogens is 1. The molecule has 0 saturated heterocycles. The maximum absolute atomic E-state index is 13.6. The lowest BCUT2D eigenvalue weighted by atomic mass is 10.00. The maximum atomic E-state index is 13.6. The average molecular weight is 573 g/mol. The average Bonchev–Trinajstić information content (AvgIpc) is 3.40. The van der Waals surface area contributed by atoms with E-state index in [0.29, 0.717) is 22.4 Å². The van der Waals surface area contributed by atoms with Gasteiger partial charge in [0.2, 0.25) is 17.7 Å². The summed E-state index contributed by atoms with van der Waals surface area (Å²) in [6.07, 6.45) is 2.12. The van der Waals surface area contributed by atoms with Crippen molar-refractivity contribution >= 4 is 35.9 Å². The first-order valence-corrected chi connectivity index (χ1v) is 12.9. The molecule has 14 nitrogen and oxygen atoms in total. The molecule has 0 unspecified atom stereocenters. The van der Waals surface area contributed by atoms with Gasteiger partial charge in [0.1, 0.15) is 24.1 Å². The van der Waals surface area contributed by atoms with Crippen LogP contribution >= 0.6 is 0 Å². The van der Waals surface area contributed by atoms with Gasteiger partial charge in [0.25, 0.3) is 5.91 Å². The van der Waals surface area contributed by atoms with E-state index in [-0.39, 0.29) is 18.6 Å². The first kappa shape index (κ1) is 32.6. The number of benzene rings is 1. The van der Waals surface area contributed by atoms with Gasteiger partial charge in [-0.3, -0.25) is 28.9 Å². The van der Waals surface area contributed by atoms with Crippen molar-refractivity contribution in [3.8, 4) is 5.75 Å². The van der Waals surface area contributed by atoms with Gasteiger partial charge in [-0.1, -0.05) is 26.0 Å². The Morgan fingerprint density at radius 1 is 1.07 bits per heavy atom. The second-order valence-corrected chi connectivity index (χ2v) is 9.91. The first-order chi connectivity index (χ1) is 19.3. The van der Waals surface area contributed by atoms with Crippen molar-refractivity contribution in [1.29, 1.82) is 0 Å². The zero-order chi connectivity index (χ0) is 30.7. The molecule has 1 aromatic carbocycles. The molecule has 41 heavy (non-hydrogen) atoms. The van der Waals surface area contributed by atoms with Crippen LogP contribution < -0.4 is 16.4 Å². The number of phenols is 1. The molecule has 0 aliphatic heterocycles. The lowest BCUT2D eigenvalue weighted by Gasteiger charge is -2.32. The molecule has 0 fully saturated rings. The van der Waals surface area contributed by atoms with Crippen molar-refractivity contribution in [1.82, 2.24) is 25.5 Å². The molecule has 7 N–H and O–H groups in total. The van der Waals surface area contributed by atoms with Gasteiger partial charge in [-0.25, -0.2) is 4.98 Å². The van der Waals surface area contributed by atoms with Crippen LogP contribution in [0.1, 0.15) is 44.9 Å². The van der Waals surface area contributed by atoms with Crippen LogP contribution in [0.25, 0.3) is 0 Å². The number of aromatic amines is 1. The molecule has 0 radical (unpaired) electrons. The number of hydrogen-bond donors (Lipinski definition) is 6. The Labute approximate surface area is 236 Å². The Bertz CT molecular complexity index is 1210. The van der Waals surface area contributed by atoms with Crippen LogP contribution in [0, 0.1) is 5.92 Å². The van der Waals surface area contributed by atoms with E-state index in [4.69, 9.17) is 5.73 Å². The third-order valence-corrected chi connectivity index (χ3v) is 6.28. The smallest absolute Gasteiger partial charge is 0.305 e. The number of carboxylic acids is 1. The number of carboxylic acid groups (broad SMARTS) is 1. The summed E-state index contributed by atoms with van der Waals surface area (Å²) in [6, 6.07) is 1.34. The molecule has 0 bridgehead atoms. The molecule has 2 aromatic rings. The summed E-state index contributed by atoms with van der Waals surface area (Å²) in [4.78, 5) is 82.4. The number of aromatic hydroxyl groups is 1. The Morgan fingerprint density at radius 2 is 1.73 bits per heavy atom. The number of rotatable bonds is 15. The lowest BCUT2D eigenvalue weighted by molar-refractivity contribution is -0.151. The van der Waals surface area contributed by atoms with Crippen LogP contribution in [0.4, 0.5) is 0 Å². The highest BCUT2D eigenvalue weighted by atomic mass is 16.4. The predicted octanol–water partition coefficient (Wildman–Crippen LogP) is -0.339. The van der Waals surface area contributed by atoms with E-state index in [9.17, 15) is 39.0 Å². The highest BCUT2D eigenvalue weighted by Crippen LogP contribution is 2.15. The Balaban J connectivity index is 2.28. The molecule has 4 atom stereocenters. The van der Waals surface area contributed by atoms with E-state index in [1.165, 1.54) is 24.7 Å². The van der Waals surface area contributed by atoms with E-state index in [2.05, 4.69) is 20.6 Å². The molecule has 0 aliphatic rings. The fraction of sp³-hybridized carbons (Fsp3) is 0.444. The molecule has 4 amide bonds. The maximum Gasteiger partial charge on any atom is 0.305 e. The highest BCUT2D eigenvalue weighted by molar-refractivity contribution is 6.00. The fourth-order valence-corrected chi connectivity index (χ4v) is 4.20. The molecular weight excluding hydrogens is 536 g/mol. The first-order valence-electron chi connectivity index (χ1n) is 12.9. The van der Waals surface area contributed by atoms with Gasteiger partial charge >= 0.3 is 5.97 Å². The highest BCUT2D eigenvalue weighted by Gasteiger charge is 2.37. The number of hydrogen-bond acceptors (Lipinski definition) is 9. The second kappa shape index (κ2) is 15.3. The van der Waals surface area contributed by atoms with Crippen LogP contribution in [0.3, 0.4) is 0 Å². The molecule has 1 heterocycles. The number of aliphatic carboxylic acids is 1. The largest absolute Gasteiger partial charge is 0.508 e. The topological polar surface area (TPSA) is 225 Å². The summed E-state index contributed by atoms with van der Waals surface area (Å²) in [5.74, 6) is -4.81. The van der Waals surface area contributed by atoms with Crippen LogP contribution in [0.5, 0.6) is 5.75 Å². The number of nitrogens with two attached hydrogens (primary N) is 1. The third kappa shape index (κ3) is 9.83. The van der Waals surface area contributed by atoms with Gasteiger partial charge in [0.15, 0.2) is 0 Å². The minimum absolute atomic E-state index is 0.0611. The fourth-order valence-electron chi connectivity index (χ4n) is 4.20. The van der Waals surface area contributed by atoms with E-state index in [1.54, 1.807) is 26.0 Å². The number of nitrogens with zero attached hydrogens (tertiary/aromatic N) is 2. The standard InChI is InChI=1S/C27H36N6O8/c1-15(2)24(32-25(39)21(28)10-17-4-6-20(36)7-5-17)26(40)31-22(11-18-13-29-14-30-18)27(41)33(16(3)35)19(8-9-34)12-23(37)38/h4-7,9,13-15,19,21-22,24,36H,8,10-12,28H2,1-3H3,(H,29,30)(H,31,40)(H,32,39)(H,37,38)/t19-,21+,22+,24+/m1/s1. The number of aldehydes is 1. The molecule has 0 saturated carbocycles. The van der Waals surface area contributed by atoms with Gasteiger partial charge < -0.3 is 36.4 Å². The molecule has 0 aliphatic carbocycles. The van der Waals surface area contributed by atoms with Crippen LogP contribution in [0.15, 0.2) is 36.8 Å². The summed E-state index contributed by atoms with van der Waals surface area (Å²) in [6.45, 7) is 4.41. The predicted molar refractivity (Wildman–Crippen MR) is 145 cm³/mol. The SMILES string of the molecule is CC(=O)N(C(=O)[C@H](Cc1c[nH]cn1)NC(=O)[C@@H](NC(=O)[C@@H](N)Cc1ccc(O)cc1)C(C)C)[C@H](CC=O)CC(=O)O. The summed E-state index contributed by atoms with van der Waals surface area (Å²) in [7, 11) is 0. The summed E-state index contributed by atoms with van der Waals surface area (Å²) in [5, 5.41) is 23.9. The molecule has 222 valence electrons.